The molecule has 16 heavy (non-hydrogen) atoms. The van der Waals surface area contributed by atoms with E-state index in [0.29, 0.717) is 0 Å². The van der Waals surface area contributed by atoms with E-state index in [4.69, 9.17) is 0 Å². The van der Waals surface area contributed by atoms with Crippen molar-refractivity contribution in [2.75, 3.05) is 18.9 Å². The molecule has 0 unspecified atom stereocenters. The Balaban J connectivity index is 2.82. The minimum atomic E-state index is 0.115. The molecular weight excluding hydrogens is 196 g/mol. The second-order valence-corrected chi connectivity index (χ2v) is 5.26. The molecule has 0 saturated carbocycles. The molecule has 90 valence electrons. The van der Waals surface area contributed by atoms with E-state index in [-0.39, 0.29) is 5.54 Å². The monoisotopic (exact) mass is 220 g/mol. The number of anilines is 1. The van der Waals surface area contributed by atoms with E-state index in [2.05, 4.69) is 57.4 Å². The number of aryl methyl sites for hydroxylation is 3. The third-order valence-corrected chi connectivity index (χ3v) is 3.06. The van der Waals surface area contributed by atoms with Crippen LogP contribution in [-0.2, 0) is 0 Å². The largest absolute Gasteiger partial charge is 0.383 e. The highest BCUT2D eigenvalue weighted by molar-refractivity contribution is 5.58. The molecule has 0 heterocycles. The van der Waals surface area contributed by atoms with Crippen LogP contribution in [0.5, 0.6) is 0 Å². The SMILES string of the molecule is CNC(C)(C)CNc1c(C)cc(C)cc1C. The summed E-state index contributed by atoms with van der Waals surface area (Å²) in [5.41, 5.74) is 5.36. The number of rotatable bonds is 4. The van der Waals surface area contributed by atoms with Gasteiger partial charge >= 0.3 is 0 Å². The van der Waals surface area contributed by atoms with Gasteiger partial charge in [-0.25, -0.2) is 0 Å². The smallest absolute Gasteiger partial charge is 0.0400 e. The maximum atomic E-state index is 3.54. The summed E-state index contributed by atoms with van der Waals surface area (Å²) in [5.74, 6) is 0. The third kappa shape index (κ3) is 3.24. The summed E-state index contributed by atoms with van der Waals surface area (Å²) in [6, 6.07) is 4.45. The molecule has 1 aromatic carbocycles. The molecule has 0 amide bonds. The van der Waals surface area contributed by atoms with E-state index in [9.17, 15) is 0 Å². The summed E-state index contributed by atoms with van der Waals surface area (Å²) in [5, 5.41) is 6.84. The summed E-state index contributed by atoms with van der Waals surface area (Å²) in [6.07, 6.45) is 0. The first-order valence-corrected chi connectivity index (χ1v) is 5.86. The minimum Gasteiger partial charge on any atom is -0.383 e. The van der Waals surface area contributed by atoms with Gasteiger partial charge in [-0.3, -0.25) is 0 Å². The molecule has 0 aliphatic carbocycles. The van der Waals surface area contributed by atoms with Gasteiger partial charge in [-0.1, -0.05) is 17.7 Å². The van der Waals surface area contributed by atoms with Crippen molar-refractivity contribution in [2.45, 2.75) is 40.2 Å². The Labute approximate surface area is 99.5 Å². The third-order valence-electron chi connectivity index (χ3n) is 3.06. The predicted octanol–water partition coefficient (Wildman–Crippen LogP) is 3.02. The van der Waals surface area contributed by atoms with E-state index >= 15 is 0 Å². The molecule has 0 aliphatic rings. The zero-order valence-corrected chi connectivity index (χ0v) is 11.4. The van der Waals surface area contributed by atoms with Gasteiger partial charge in [-0.05, 0) is 52.8 Å². The molecule has 0 saturated heterocycles. The van der Waals surface area contributed by atoms with Crippen LogP contribution in [0.15, 0.2) is 12.1 Å². The lowest BCUT2D eigenvalue weighted by atomic mass is 10.0. The molecule has 0 spiro atoms. The fourth-order valence-corrected chi connectivity index (χ4v) is 1.86. The second-order valence-electron chi connectivity index (χ2n) is 5.26. The highest BCUT2D eigenvalue weighted by atomic mass is 15.0. The summed E-state index contributed by atoms with van der Waals surface area (Å²) >= 11 is 0. The Morgan fingerprint density at radius 2 is 1.56 bits per heavy atom. The van der Waals surface area contributed by atoms with Crippen LogP contribution in [0, 0.1) is 20.8 Å². The Kier molecular flexibility index (Phi) is 3.98. The van der Waals surface area contributed by atoms with Gasteiger partial charge in [-0.15, -0.1) is 0 Å². The van der Waals surface area contributed by atoms with Crippen LogP contribution < -0.4 is 10.6 Å². The number of hydrogen-bond donors (Lipinski definition) is 2. The predicted molar refractivity (Wildman–Crippen MR) is 72.3 cm³/mol. The number of likely N-dealkylation sites (N-methyl/N-ethyl adjacent to an activating group) is 1. The van der Waals surface area contributed by atoms with Gasteiger partial charge in [-0.2, -0.15) is 0 Å². The average Bonchev–Trinajstić information content (AvgIpc) is 2.16. The molecule has 0 fully saturated rings. The first-order valence-electron chi connectivity index (χ1n) is 5.86. The minimum absolute atomic E-state index is 0.115. The Morgan fingerprint density at radius 3 is 2.00 bits per heavy atom. The topological polar surface area (TPSA) is 24.1 Å². The van der Waals surface area contributed by atoms with Crippen LogP contribution in [0.1, 0.15) is 30.5 Å². The fraction of sp³-hybridized carbons (Fsp3) is 0.571. The van der Waals surface area contributed by atoms with Gasteiger partial charge in [0.1, 0.15) is 0 Å². The maximum Gasteiger partial charge on any atom is 0.0400 e. The van der Waals surface area contributed by atoms with Crippen LogP contribution in [0.25, 0.3) is 0 Å². The van der Waals surface area contributed by atoms with Crippen molar-refractivity contribution in [1.82, 2.24) is 5.32 Å². The van der Waals surface area contributed by atoms with Crippen molar-refractivity contribution in [1.29, 1.82) is 0 Å². The van der Waals surface area contributed by atoms with Crippen molar-refractivity contribution in [3.8, 4) is 0 Å². The van der Waals surface area contributed by atoms with Crippen LogP contribution >= 0.6 is 0 Å². The highest BCUT2D eigenvalue weighted by Crippen LogP contribution is 2.22. The van der Waals surface area contributed by atoms with Crippen molar-refractivity contribution in [3.63, 3.8) is 0 Å². The van der Waals surface area contributed by atoms with Gasteiger partial charge in [0, 0.05) is 17.8 Å². The van der Waals surface area contributed by atoms with E-state index in [0.717, 1.165) is 6.54 Å². The Bertz CT molecular complexity index is 344. The quantitative estimate of drug-likeness (QED) is 0.815. The van der Waals surface area contributed by atoms with Crippen molar-refractivity contribution in [2.24, 2.45) is 0 Å². The Hall–Kier alpha value is -1.02. The lowest BCUT2D eigenvalue weighted by Gasteiger charge is -2.26. The first-order chi connectivity index (χ1) is 7.35. The molecule has 0 radical (unpaired) electrons. The molecular formula is C14H24N2. The van der Waals surface area contributed by atoms with Crippen molar-refractivity contribution in [3.05, 3.63) is 28.8 Å². The number of hydrogen-bond acceptors (Lipinski definition) is 2. The zero-order chi connectivity index (χ0) is 12.3. The zero-order valence-electron chi connectivity index (χ0n) is 11.4. The molecule has 1 rings (SSSR count). The summed E-state index contributed by atoms with van der Waals surface area (Å²) in [4.78, 5) is 0. The second kappa shape index (κ2) is 4.88. The number of nitrogens with one attached hydrogen (secondary N) is 2. The molecule has 1 aromatic rings. The van der Waals surface area contributed by atoms with E-state index in [1.54, 1.807) is 0 Å². The summed E-state index contributed by atoms with van der Waals surface area (Å²) in [6.45, 7) is 11.8. The van der Waals surface area contributed by atoms with Crippen LogP contribution in [0.4, 0.5) is 5.69 Å². The summed E-state index contributed by atoms with van der Waals surface area (Å²) < 4.78 is 0. The fourth-order valence-electron chi connectivity index (χ4n) is 1.86. The molecule has 0 bridgehead atoms. The molecule has 2 heteroatoms. The van der Waals surface area contributed by atoms with Crippen molar-refractivity contribution < 1.29 is 0 Å². The highest BCUT2D eigenvalue weighted by Gasteiger charge is 2.15. The van der Waals surface area contributed by atoms with E-state index in [1.807, 2.05) is 7.05 Å². The number of benzene rings is 1. The van der Waals surface area contributed by atoms with Crippen LogP contribution in [0.3, 0.4) is 0 Å². The van der Waals surface area contributed by atoms with Gasteiger partial charge in [0.2, 0.25) is 0 Å². The van der Waals surface area contributed by atoms with Gasteiger partial charge in [0.05, 0.1) is 0 Å². The van der Waals surface area contributed by atoms with Gasteiger partial charge in [0.25, 0.3) is 0 Å². The molecule has 0 aliphatic heterocycles. The molecule has 0 aromatic heterocycles. The van der Waals surface area contributed by atoms with Crippen LogP contribution in [-0.4, -0.2) is 19.1 Å². The van der Waals surface area contributed by atoms with Gasteiger partial charge < -0.3 is 10.6 Å². The Morgan fingerprint density at radius 1 is 1.06 bits per heavy atom. The molecule has 0 atom stereocenters. The first kappa shape index (κ1) is 13.0. The lowest BCUT2D eigenvalue weighted by molar-refractivity contribution is 0.448. The van der Waals surface area contributed by atoms with Gasteiger partial charge in [0.15, 0.2) is 0 Å². The standard InChI is InChI=1S/C14H24N2/c1-10-7-11(2)13(12(3)8-10)16-9-14(4,5)15-6/h7-8,15-16H,9H2,1-6H3. The van der Waals surface area contributed by atoms with E-state index < -0.39 is 0 Å². The average molecular weight is 220 g/mol. The van der Waals surface area contributed by atoms with E-state index in [1.165, 1.54) is 22.4 Å². The maximum absolute atomic E-state index is 3.54. The normalized spacial score (nSPS) is 11.6. The molecule has 2 nitrogen and oxygen atoms in total. The molecule has 2 N–H and O–H groups in total. The van der Waals surface area contributed by atoms with Crippen molar-refractivity contribution >= 4 is 5.69 Å². The summed E-state index contributed by atoms with van der Waals surface area (Å²) in [7, 11) is 2.00. The lowest BCUT2D eigenvalue weighted by Crippen LogP contribution is -2.42. The van der Waals surface area contributed by atoms with Crippen LogP contribution in [0.2, 0.25) is 0 Å².